The summed E-state index contributed by atoms with van der Waals surface area (Å²) < 4.78 is 0. The molecule has 0 saturated heterocycles. The summed E-state index contributed by atoms with van der Waals surface area (Å²) in [6.45, 7) is 4.32. The molecule has 2 rings (SSSR count). The van der Waals surface area contributed by atoms with Gasteiger partial charge in [-0.1, -0.05) is 19.0 Å². The zero-order valence-corrected chi connectivity index (χ0v) is 8.75. The van der Waals surface area contributed by atoms with Crippen LogP contribution in [0.25, 0.3) is 0 Å². The zero-order valence-electron chi connectivity index (χ0n) is 8.75. The highest BCUT2D eigenvalue weighted by Crippen LogP contribution is 2.65. The third-order valence-electron chi connectivity index (χ3n) is 4.80. The van der Waals surface area contributed by atoms with Crippen molar-refractivity contribution >= 4 is 5.71 Å². The minimum absolute atomic E-state index is 0.0311. The van der Waals surface area contributed by atoms with Gasteiger partial charge in [0.1, 0.15) is 0 Å². The maximum atomic E-state index is 8.96. The Morgan fingerprint density at radius 3 is 2.86 bits per heavy atom. The van der Waals surface area contributed by atoms with E-state index < -0.39 is 0 Å². The SMILES string of the molecule is C[C@]12CC[C@H](C/C1=N\O)[C@@]2(C)CC#N. The molecule has 0 aromatic carbocycles. The average molecular weight is 192 g/mol. The van der Waals surface area contributed by atoms with Gasteiger partial charge in [0.15, 0.2) is 0 Å². The van der Waals surface area contributed by atoms with Gasteiger partial charge in [-0.05, 0) is 30.6 Å². The molecule has 3 nitrogen and oxygen atoms in total. The molecular formula is C11H16N2O. The van der Waals surface area contributed by atoms with E-state index in [0.717, 1.165) is 18.6 Å². The van der Waals surface area contributed by atoms with Crippen LogP contribution in [0.2, 0.25) is 0 Å². The standard InChI is InChI=1S/C11H16N2O/c1-10(5-6-12)8-3-4-11(10,2)9(7-8)13-14/h8,14H,3-5,7H2,1-2H3/b13-9+/t8-,10-,11+/m1/s1. The van der Waals surface area contributed by atoms with Crippen LogP contribution in [0, 0.1) is 28.1 Å². The molecule has 2 bridgehead atoms. The van der Waals surface area contributed by atoms with Crippen LogP contribution >= 0.6 is 0 Å². The van der Waals surface area contributed by atoms with E-state index in [1.54, 1.807) is 0 Å². The van der Waals surface area contributed by atoms with Gasteiger partial charge in [-0.3, -0.25) is 0 Å². The van der Waals surface area contributed by atoms with E-state index in [1.165, 1.54) is 6.42 Å². The Hall–Kier alpha value is -1.04. The molecule has 2 aliphatic carbocycles. The van der Waals surface area contributed by atoms with Gasteiger partial charge in [0.25, 0.3) is 0 Å². The summed E-state index contributed by atoms with van der Waals surface area (Å²) in [4.78, 5) is 0. The van der Waals surface area contributed by atoms with Crippen molar-refractivity contribution in [1.29, 1.82) is 5.26 Å². The number of oxime groups is 1. The van der Waals surface area contributed by atoms with E-state index >= 15 is 0 Å². The zero-order chi connectivity index (χ0) is 10.4. The van der Waals surface area contributed by atoms with E-state index in [1.807, 2.05) is 0 Å². The quantitative estimate of drug-likeness (QED) is 0.512. The second kappa shape index (κ2) is 2.73. The van der Waals surface area contributed by atoms with E-state index in [9.17, 15) is 0 Å². The maximum Gasteiger partial charge on any atom is 0.0638 e. The first-order valence-electron chi connectivity index (χ1n) is 5.17. The lowest BCUT2D eigenvalue weighted by molar-refractivity contribution is 0.168. The van der Waals surface area contributed by atoms with Crippen LogP contribution in [-0.4, -0.2) is 10.9 Å². The molecule has 0 heterocycles. The third kappa shape index (κ3) is 0.841. The van der Waals surface area contributed by atoms with E-state index in [4.69, 9.17) is 10.5 Å². The monoisotopic (exact) mass is 192 g/mol. The third-order valence-corrected chi connectivity index (χ3v) is 4.80. The molecule has 2 saturated carbocycles. The molecule has 0 unspecified atom stereocenters. The summed E-state index contributed by atoms with van der Waals surface area (Å²) in [5, 5.41) is 21.3. The second-order valence-corrected chi connectivity index (χ2v) is 5.07. The molecule has 76 valence electrons. The molecule has 0 aromatic rings. The van der Waals surface area contributed by atoms with Crippen LogP contribution < -0.4 is 0 Å². The van der Waals surface area contributed by atoms with Crippen LogP contribution in [0.1, 0.15) is 39.5 Å². The summed E-state index contributed by atoms with van der Waals surface area (Å²) >= 11 is 0. The molecular weight excluding hydrogens is 176 g/mol. The normalized spacial score (nSPS) is 48.4. The summed E-state index contributed by atoms with van der Waals surface area (Å²) in [5.74, 6) is 0.540. The van der Waals surface area contributed by atoms with Crippen LogP contribution in [0.15, 0.2) is 5.16 Å². The maximum absolute atomic E-state index is 8.96. The van der Waals surface area contributed by atoms with Gasteiger partial charge in [0.2, 0.25) is 0 Å². The van der Waals surface area contributed by atoms with E-state index in [-0.39, 0.29) is 10.8 Å². The molecule has 2 aliphatic rings. The fraction of sp³-hybridized carbons (Fsp3) is 0.818. The first-order valence-corrected chi connectivity index (χ1v) is 5.17. The number of fused-ring (bicyclic) bond motifs is 2. The Balaban J connectivity index is 2.43. The number of nitriles is 1. The van der Waals surface area contributed by atoms with Crippen LogP contribution in [0.4, 0.5) is 0 Å². The minimum atomic E-state index is -0.0395. The van der Waals surface area contributed by atoms with Crippen molar-refractivity contribution in [2.45, 2.75) is 39.5 Å². The molecule has 0 radical (unpaired) electrons. The van der Waals surface area contributed by atoms with E-state index in [0.29, 0.717) is 12.3 Å². The minimum Gasteiger partial charge on any atom is -0.411 e. The molecule has 0 spiro atoms. The predicted molar refractivity (Wildman–Crippen MR) is 53.0 cm³/mol. The van der Waals surface area contributed by atoms with Gasteiger partial charge >= 0.3 is 0 Å². The van der Waals surface area contributed by atoms with Gasteiger partial charge in [-0.2, -0.15) is 5.26 Å². The predicted octanol–water partition coefficient (Wildman–Crippen LogP) is 2.56. The molecule has 14 heavy (non-hydrogen) atoms. The van der Waals surface area contributed by atoms with Crippen molar-refractivity contribution in [3.05, 3.63) is 0 Å². The van der Waals surface area contributed by atoms with Crippen molar-refractivity contribution < 1.29 is 5.21 Å². The Morgan fingerprint density at radius 2 is 2.36 bits per heavy atom. The largest absolute Gasteiger partial charge is 0.411 e. The fourth-order valence-electron chi connectivity index (χ4n) is 3.43. The smallest absolute Gasteiger partial charge is 0.0638 e. The Kier molecular flexibility index (Phi) is 1.85. The van der Waals surface area contributed by atoms with Crippen molar-refractivity contribution in [2.24, 2.45) is 21.9 Å². The number of hydrogen-bond acceptors (Lipinski definition) is 3. The molecule has 1 N–H and O–H groups in total. The van der Waals surface area contributed by atoms with Gasteiger partial charge in [0.05, 0.1) is 11.8 Å². The van der Waals surface area contributed by atoms with Crippen LogP contribution in [-0.2, 0) is 0 Å². The van der Waals surface area contributed by atoms with Gasteiger partial charge in [0, 0.05) is 11.8 Å². The van der Waals surface area contributed by atoms with Crippen LogP contribution in [0.5, 0.6) is 0 Å². The molecule has 2 fully saturated rings. The first kappa shape index (κ1) is 9.51. The lowest BCUT2D eigenvalue weighted by atomic mass is 9.67. The highest BCUT2D eigenvalue weighted by Gasteiger charge is 2.62. The highest BCUT2D eigenvalue weighted by atomic mass is 16.4. The lowest BCUT2D eigenvalue weighted by Gasteiger charge is -2.35. The summed E-state index contributed by atoms with van der Waals surface area (Å²) in [6.07, 6.45) is 3.70. The molecule has 0 aromatic heterocycles. The summed E-state index contributed by atoms with van der Waals surface area (Å²) in [6, 6.07) is 2.28. The highest BCUT2D eigenvalue weighted by molar-refractivity contribution is 5.93. The first-order chi connectivity index (χ1) is 6.58. The number of rotatable bonds is 1. The molecule has 3 atom stereocenters. The van der Waals surface area contributed by atoms with Gasteiger partial charge < -0.3 is 5.21 Å². The Morgan fingerprint density at radius 1 is 1.64 bits per heavy atom. The van der Waals surface area contributed by atoms with Gasteiger partial charge in [-0.15, -0.1) is 0 Å². The molecule has 3 heteroatoms. The number of hydrogen-bond donors (Lipinski definition) is 1. The van der Waals surface area contributed by atoms with Crippen LogP contribution in [0.3, 0.4) is 0 Å². The molecule has 0 aliphatic heterocycles. The lowest BCUT2D eigenvalue weighted by Crippen LogP contribution is -2.34. The second-order valence-electron chi connectivity index (χ2n) is 5.07. The average Bonchev–Trinajstić information content (AvgIpc) is 2.51. The van der Waals surface area contributed by atoms with Gasteiger partial charge in [-0.25, -0.2) is 0 Å². The van der Waals surface area contributed by atoms with Crippen molar-refractivity contribution in [1.82, 2.24) is 0 Å². The topological polar surface area (TPSA) is 56.4 Å². The number of nitrogens with zero attached hydrogens (tertiary/aromatic N) is 2. The van der Waals surface area contributed by atoms with Crippen molar-refractivity contribution in [2.75, 3.05) is 0 Å². The molecule has 0 amide bonds. The van der Waals surface area contributed by atoms with E-state index in [2.05, 4.69) is 25.1 Å². The summed E-state index contributed by atoms with van der Waals surface area (Å²) in [5.41, 5.74) is 0.900. The Bertz CT molecular complexity index is 331. The Labute approximate surface area is 84.4 Å². The fourth-order valence-corrected chi connectivity index (χ4v) is 3.43. The summed E-state index contributed by atoms with van der Waals surface area (Å²) in [7, 11) is 0. The van der Waals surface area contributed by atoms with Crippen molar-refractivity contribution in [3.8, 4) is 6.07 Å². The van der Waals surface area contributed by atoms with Crippen molar-refractivity contribution in [3.63, 3.8) is 0 Å².